The SMILES string of the molecule is CC(NC(=O)CNCC1CC1)c1cccs1.Cl. The topological polar surface area (TPSA) is 41.1 Å². The maximum absolute atomic E-state index is 11.6. The predicted molar refractivity (Wildman–Crippen MR) is 73.7 cm³/mol. The normalized spacial score (nSPS) is 16.1. The second-order valence-electron chi connectivity index (χ2n) is 4.38. The maximum Gasteiger partial charge on any atom is 0.234 e. The van der Waals surface area contributed by atoms with Gasteiger partial charge in [-0.2, -0.15) is 0 Å². The Bertz CT molecular complexity index is 338. The molecule has 2 rings (SSSR count). The molecule has 0 aromatic carbocycles. The molecule has 1 amide bonds. The predicted octanol–water partition coefficient (Wildman–Crippen LogP) is 2.35. The monoisotopic (exact) mass is 274 g/mol. The molecule has 1 aliphatic carbocycles. The highest BCUT2D eigenvalue weighted by Gasteiger charge is 2.20. The van der Waals surface area contributed by atoms with Gasteiger partial charge in [0.1, 0.15) is 0 Å². The van der Waals surface area contributed by atoms with Gasteiger partial charge in [-0.15, -0.1) is 23.7 Å². The van der Waals surface area contributed by atoms with Gasteiger partial charge >= 0.3 is 0 Å². The second-order valence-corrected chi connectivity index (χ2v) is 5.36. The fourth-order valence-electron chi connectivity index (χ4n) is 1.61. The highest BCUT2D eigenvalue weighted by Crippen LogP contribution is 2.27. The van der Waals surface area contributed by atoms with E-state index in [0.717, 1.165) is 12.5 Å². The third kappa shape index (κ3) is 5.06. The first kappa shape index (κ1) is 14.5. The van der Waals surface area contributed by atoms with Crippen molar-refractivity contribution in [2.75, 3.05) is 13.1 Å². The minimum atomic E-state index is 0. The minimum Gasteiger partial charge on any atom is -0.348 e. The van der Waals surface area contributed by atoms with Gasteiger partial charge in [-0.25, -0.2) is 0 Å². The molecule has 0 bridgehead atoms. The molecule has 2 N–H and O–H groups in total. The number of carbonyl (C=O) groups excluding carboxylic acids is 1. The van der Waals surface area contributed by atoms with E-state index >= 15 is 0 Å². The first-order chi connectivity index (χ1) is 7.75. The summed E-state index contributed by atoms with van der Waals surface area (Å²) in [6.07, 6.45) is 2.64. The summed E-state index contributed by atoms with van der Waals surface area (Å²) in [5.41, 5.74) is 0. The zero-order valence-corrected chi connectivity index (χ0v) is 11.6. The third-order valence-corrected chi connectivity index (χ3v) is 3.82. The Morgan fingerprint density at radius 2 is 2.35 bits per heavy atom. The Balaban J connectivity index is 0.00000144. The molecule has 1 saturated carbocycles. The lowest BCUT2D eigenvalue weighted by Crippen LogP contribution is -2.35. The summed E-state index contributed by atoms with van der Waals surface area (Å²) in [6.45, 7) is 3.44. The van der Waals surface area contributed by atoms with Gasteiger partial charge in [0, 0.05) is 4.88 Å². The zero-order chi connectivity index (χ0) is 11.4. The van der Waals surface area contributed by atoms with E-state index < -0.39 is 0 Å². The molecular formula is C12H19ClN2OS. The van der Waals surface area contributed by atoms with Crippen LogP contribution in [0.1, 0.15) is 30.7 Å². The molecule has 1 heterocycles. The van der Waals surface area contributed by atoms with E-state index in [0.29, 0.717) is 6.54 Å². The van der Waals surface area contributed by atoms with Crippen LogP contribution in [0.3, 0.4) is 0 Å². The van der Waals surface area contributed by atoms with Gasteiger partial charge in [-0.1, -0.05) is 6.07 Å². The van der Waals surface area contributed by atoms with Crippen LogP contribution in [-0.4, -0.2) is 19.0 Å². The van der Waals surface area contributed by atoms with Crippen LogP contribution in [0, 0.1) is 5.92 Å². The van der Waals surface area contributed by atoms with Crippen molar-refractivity contribution in [2.45, 2.75) is 25.8 Å². The number of halogens is 1. The first-order valence-electron chi connectivity index (χ1n) is 5.79. The highest BCUT2D eigenvalue weighted by molar-refractivity contribution is 7.10. The fraction of sp³-hybridized carbons (Fsp3) is 0.583. The van der Waals surface area contributed by atoms with Crippen molar-refractivity contribution >= 4 is 29.7 Å². The lowest BCUT2D eigenvalue weighted by atomic mass is 10.3. The molecule has 1 atom stereocenters. The number of carbonyl (C=O) groups is 1. The van der Waals surface area contributed by atoms with Crippen LogP contribution < -0.4 is 10.6 Å². The average molecular weight is 275 g/mol. The van der Waals surface area contributed by atoms with Gasteiger partial charge in [0.25, 0.3) is 0 Å². The van der Waals surface area contributed by atoms with Crippen molar-refractivity contribution in [3.05, 3.63) is 22.4 Å². The van der Waals surface area contributed by atoms with Crippen LogP contribution in [0.2, 0.25) is 0 Å². The molecule has 0 aliphatic heterocycles. The van der Waals surface area contributed by atoms with Crippen molar-refractivity contribution in [2.24, 2.45) is 5.92 Å². The van der Waals surface area contributed by atoms with E-state index in [1.807, 2.05) is 24.4 Å². The Labute approximate surface area is 112 Å². The molecule has 5 heteroatoms. The van der Waals surface area contributed by atoms with Crippen LogP contribution >= 0.6 is 23.7 Å². The highest BCUT2D eigenvalue weighted by atomic mass is 35.5. The van der Waals surface area contributed by atoms with E-state index in [2.05, 4.69) is 10.6 Å². The number of amides is 1. The van der Waals surface area contributed by atoms with E-state index in [-0.39, 0.29) is 24.4 Å². The van der Waals surface area contributed by atoms with Gasteiger partial charge in [-0.3, -0.25) is 4.79 Å². The largest absolute Gasteiger partial charge is 0.348 e. The van der Waals surface area contributed by atoms with Crippen molar-refractivity contribution in [1.29, 1.82) is 0 Å². The molecule has 1 fully saturated rings. The van der Waals surface area contributed by atoms with E-state index in [1.54, 1.807) is 11.3 Å². The van der Waals surface area contributed by atoms with Gasteiger partial charge in [0.05, 0.1) is 12.6 Å². The van der Waals surface area contributed by atoms with E-state index in [1.165, 1.54) is 17.7 Å². The van der Waals surface area contributed by atoms with Crippen molar-refractivity contribution < 1.29 is 4.79 Å². The van der Waals surface area contributed by atoms with Crippen molar-refractivity contribution in [3.8, 4) is 0 Å². The number of nitrogens with one attached hydrogen (secondary N) is 2. The molecule has 1 aliphatic rings. The van der Waals surface area contributed by atoms with Gasteiger partial charge in [0.2, 0.25) is 5.91 Å². The van der Waals surface area contributed by atoms with Crippen LogP contribution in [0.5, 0.6) is 0 Å². The number of hydrogen-bond acceptors (Lipinski definition) is 3. The Kier molecular flexibility index (Phi) is 5.95. The second kappa shape index (κ2) is 6.99. The molecular weight excluding hydrogens is 256 g/mol. The summed E-state index contributed by atoms with van der Waals surface area (Å²) in [7, 11) is 0. The molecule has 0 saturated heterocycles. The van der Waals surface area contributed by atoms with Crippen LogP contribution in [0.15, 0.2) is 17.5 Å². The lowest BCUT2D eigenvalue weighted by Gasteiger charge is -2.12. The number of rotatable bonds is 6. The zero-order valence-electron chi connectivity index (χ0n) is 9.94. The average Bonchev–Trinajstić information content (AvgIpc) is 2.91. The quantitative estimate of drug-likeness (QED) is 0.836. The molecule has 96 valence electrons. The molecule has 1 aromatic heterocycles. The van der Waals surface area contributed by atoms with Crippen LogP contribution in [0.25, 0.3) is 0 Å². The summed E-state index contributed by atoms with van der Waals surface area (Å²) in [5, 5.41) is 8.21. The fourth-order valence-corrected chi connectivity index (χ4v) is 2.35. The molecule has 0 radical (unpaired) electrons. The molecule has 17 heavy (non-hydrogen) atoms. The Morgan fingerprint density at radius 3 is 2.94 bits per heavy atom. The molecule has 0 spiro atoms. The standard InChI is InChI=1S/C12H18N2OS.ClH/c1-9(11-3-2-6-16-11)14-12(15)8-13-7-10-4-5-10;/h2-3,6,9-10,13H,4-5,7-8H2,1H3,(H,14,15);1H. The summed E-state index contributed by atoms with van der Waals surface area (Å²) < 4.78 is 0. The summed E-state index contributed by atoms with van der Waals surface area (Å²) in [4.78, 5) is 12.8. The maximum atomic E-state index is 11.6. The first-order valence-corrected chi connectivity index (χ1v) is 6.67. The van der Waals surface area contributed by atoms with E-state index in [4.69, 9.17) is 0 Å². The third-order valence-electron chi connectivity index (χ3n) is 2.76. The Morgan fingerprint density at radius 1 is 1.59 bits per heavy atom. The lowest BCUT2D eigenvalue weighted by molar-refractivity contribution is -0.120. The Hall–Kier alpha value is -0.580. The summed E-state index contributed by atoms with van der Waals surface area (Å²) in [6, 6.07) is 4.18. The van der Waals surface area contributed by atoms with Crippen molar-refractivity contribution in [3.63, 3.8) is 0 Å². The molecule has 1 aromatic rings. The van der Waals surface area contributed by atoms with Crippen LogP contribution in [-0.2, 0) is 4.79 Å². The van der Waals surface area contributed by atoms with Gasteiger partial charge < -0.3 is 10.6 Å². The van der Waals surface area contributed by atoms with Crippen LogP contribution in [0.4, 0.5) is 0 Å². The van der Waals surface area contributed by atoms with Gasteiger partial charge in [0.15, 0.2) is 0 Å². The molecule has 1 unspecified atom stereocenters. The smallest absolute Gasteiger partial charge is 0.234 e. The summed E-state index contributed by atoms with van der Waals surface area (Å²) >= 11 is 1.68. The van der Waals surface area contributed by atoms with Gasteiger partial charge in [-0.05, 0) is 43.7 Å². The summed E-state index contributed by atoms with van der Waals surface area (Å²) in [5.74, 6) is 0.907. The van der Waals surface area contributed by atoms with E-state index in [9.17, 15) is 4.79 Å². The molecule has 3 nitrogen and oxygen atoms in total. The van der Waals surface area contributed by atoms with Crippen molar-refractivity contribution in [1.82, 2.24) is 10.6 Å². The minimum absolute atomic E-state index is 0. The number of hydrogen-bond donors (Lipinski definition) is 2. The number of thiophene rings is 1.